The zero-order chi connectivity index (χ0) is 18.4. The Morgan fingerprint density at radius 3 is 2.40 bits per heavy atom. The fourth-order valence-corrected chi connectivity index (χ4v) is 2.53. The molecule has 0 aliphatic carbocycles. The molecule has 0 unspecified atom stereocenters. The molecular formula is C18H14Cl2N2O3. The maximum absolute atomic E-state index is 12.4. The minimum absolute atomic E-state index is 0.126. The van der Waals surface area contributed by atoms with E-state index < -0.39 is 5.91 Å². The Morgan fingerprint density at radius 1 is 1.16 bits per heavy atom. The van der Waals surface area contributed by atoms with Gasteiger partial charge >= 0.3 is 0 Å². The van der Waals surface area contributed by atoms with Crippen LogP contribution >= 0.6 is 23.2 Å². The number of hydrogen-bond donors (Lipinski definition) is 1. The average molecular weight is 377 g/mol. The van der Waals surface area contributed by atoms with Gasteiger partial charge in [0.05, 0.1) is 30.0 Å². The summed E-state index contributed by atoms with van der Waals surface area (Å²) in [4.78, 5) is 12.4. The summed E-state index contributed by atoms with van der Waals surface area (Å²) in [6.07, 6.45) is 1.42. The first-order chi connectivity index (χ1) is 12.0. The van der Waals surface area contributed by atoms with Gasteiger partial charge in [-0.2, -0.15) is 5.26 Å². The molecule has 2 aromatic carbocycles. The van der Waals surface area contributed by atoms with Crippen molar-refractivity contribution in [3.05, 3.63) is 57.6 Å². The highest BCUT2D eigenvalue weighted by Crippen LogP contribution is 2.31. The highest BCUT2D eigenvalue weighted by Gasteiger charge is 2.15. The highest BCUT2D eigenvalue weighted by molar-refractivity contribution is 6.40. The Bertz CT molecular complexity index is 853. The van der Waals surface area contributed by atoms with Gasteiger partial charge in [0.2, 0.25) is 0 Å². The third-order valence-electron chi connectivity index (χ3n) is 3.31. The SMILES string of the molecule is COc1ccc(/C=C(\C#N)C(=O)Nc2c(Cl)cccc2Cl)c(OC)c1. The van der Waals surface area contributed by atoms with Crippen LogP contribution in [0.1, 0.15) is 5.56 Å². The van der Waals surface area contributed by atoms with Crippen molar-refractivity contribution in [2.45, 2.75) is 0 Å². The molecule has 1 amide bonds. The Kier molecular flexibility index (Phi) is 6.29. The number of hydrogen-bond acceptors (Lipinski definition) is 4. The van der Waals surface area contributed by atoms with Gasteiger partial charge < -0.3 is 14.8 Å². The van der Waals surface area contributed by atoms with Crippen molar-refractivity contribution in [1.82, 2.24) is 0 Å². The number of amides is 1. The van der Waals surface area contributed by atoms with Gasteiger partial charge in [-0.15, -0.1) is 0 Å². The molecule has 25 heavy (non-hydrogen) atoms. The molecule has 0 aromatic heterocycles. The molecule has 5 nitrogen and oxygen atoms in total. The lowest BCUT2D eigenvalue weighted by Crippen LogP contribution is -2.14. The van der Waals surface area contributed by atoms with E-state index in [1.54, 1.807) is 36.4 Å². The fraction of sp³-hybridized carbons (Fsp3) is 0.111. The number of nitriles is 1. The molecule has 0 spiro atoms. The molecule has 7 heteroatoms. The second-order valence-electron chi connectivity index (χ2n) is 4.83. The van der Waals surface area contributed by atoms with E-state index in [2.05, 4.69) is 5.32 Å². The average Bonchev–Trinajstić information content (AvgIpc) is 2.62. The zero-order valence-electron chi connectivity index (χ0n) is 13.5. The number of nitrogens with one attached hydrogen (secondary N) is 1. The van der Waals surface area contributed by atoms with Crippen molar-refractivity contribution >= 4 is 40.9 Å². The molecule has 0 aliphatic heterocycles. The third-order valence-corrected chi connectivity index (χ3v) is 3.94. The molecule has 0 bridgehead atoms. The lowest BCUT2D eigenvalue weighted by Gasteiger charge is -2.10. The van der Waals surface area contributed by atoms with Crippen LogP contribution in [0.3, 0.4) is 0 Å². The molecular weight excluding hydrogens is 363 g/mol. The van der Waals surface area contributed by atoms with Crippen LogP contribution in [0, 0.1) is 11.3 Å². The van der Waals surface area contributed by atoms with E-state index in [1.165, 1.54) is 20.3 Å². The van der Waals surface area contributed by atoms with Gasteiger partial charge in [0.15, 0.2) is 0 Å². The number of nitrogens with zero attached hydrogens (tertiary/aromatic N) is 1. The van der Waals surface area contributed by atoms with E-state index >= 15 is 0 Å². The molecule has 0 fully saturated rings. The van der Waals surface area contributed by atoms with E-state index in [0.29, 0.717) is 17.1 Å². The highest BCUT2D eigenvalue weighted by atomic mass is 35.5. The number of ether oxygens (including phenoxy) is 2. The van der Waals surface area contributed by atoms with Gasteiger partial charge in [0.1, 0.15) is 23.1 Å². The Labute approximate surface area is 155 Å². The van der Waals surface area contributed by atoms with Gasteiger partial charge in [0.25, 0.3) is 5.91 Å². The number of para-hydroxylation sites is 1. The van der Waals surface area contributed by atoms with Crippen molar-refractivity contribution in [3.63, 3.8) is 0 Å². The topological polar surface area (TPSA) is 71.3 Å². The number of benzene rings is 2. The number of anilines is 1. The summed E-state index contributed by atoms with van der Waals surface area (Å²) >= 11 is 12.1. The molecule has 0 saturated carbocycles. The second kappa shape index (κ2) is 8.43. The summed E-state index contributed by atoms with van der Waals surface area (Å²) in [7, 11) is 3.02. The summed E-state index contributed by atoms with van der Waals surface area (Å²) in [6, 6.07) is 11.7. The summed E-state index contributed by atoms with van der Waals surface area (Å²) < 4.78 is 10.4. The largest absolute Gasteiger partial charge is 0.497 e. The molecule has 1 N–H and O–H groups in total. The maximum Gasteiger partial charge on any atom is 0.266 e. The number of methoxy groups -OCH3 is 2. The first kappa shape index (κ1) is 18.7. The molecule has 2 rings (SSSR count). The lowest BCUT2D eigenvalue weighted by molar-refractivity contribution is -0.112. The summed E-state index contributed by atoms with van der Waals surface area (Å²) in [6.45, 7) is 0. The number of halogens is 2. The van der Waals surface area contributed by atoms with Crippen molar-refractivity contribution in [3.8, 4) is 17.6 Å². The predicted molar refractivity (Wildman–Crippen MR) is 98.2 cm³/mol. The zero-order valence-corrected chi connectivity index (χ0v) is 15.0. The van der Waals surface area contributed by atoms with Crippen molar-refractivity contribution in [2.24, 2.45) is 0 Å². The number of carbonyl (C=O) groups is 1. The molecule has 2 aromatic rings. The Balaban J connectivity index is 2.35. The van der Waals surface area contributed by atoms with Crippen LogP contribution in [-0.2, 0) is 4.79 Å². The molecule has 0 heterocycles. The summed E-state index contributed by atoms with van der Waals surface area (Å²) in [5, 5.41) is 12.4. The van der Waals surface area contributed by atoms with Crippen LogP contribution in [0.5, 0.6) is 11.5 Å². The normalized spacial score (nSPS) is 10.8. The van der Waals surface area contributed by atoms with Crippen LogP contribution in [0.4, 0.5) is 5.69 Å². The van der Waals surface area contributed by atoms with Crippen LogP contribution < -0.4 is 14.8 Å². The van der Waals surface area contributed by atoms with E-state index in [1.807, 2.05) is 6.07 Å². The second-order valence-corrected chi connectivity index (χ2v) is 5.64. The quantitative estimate of drug-likeness (QED) is 0.613. The van der Waals surface area contributed by atoms with Crippen LogP contribution in [0.25, 0.3) is 6.08 Å². The van der Waals surface area contributed by atoms with Gasteiger partial charge in [-0.1, -0.05) is 29.3 Å². The number of carbonyl (C=O) groups excluding carboxylic acids is 1. The van der Waals surface area contributed by atoms with Crippen molar-refractivity contribution in [2.75, 3.05) is 19.5 Å². The van der Waals surface area contributed by atoms with Gasteiger partial charge in [0, 0.05) is 11.6 Å². The summed E-state index contributed by atoms with van der Waals surface area (Å²) in [5.41, 5.74) is 0.679. The Hall–Kier alpha value is -2.68. The van der Waals surface area contributed by atoms with Gasteiger partial charge in [-0.3, -0.25) is 4.79 Å². The molecule has 0 atom stereocenters. The standard InChI is InChI=1S/C18H14Cl2N2O3/c1-24-13-7-6-11(16(9-13)25-2)8-12(10-21)18(23)22-17-14(19)4-3-5-15(17)20/h3-9H,1-2H3,(H,22,23)/b12-8+. The van der Waals surface area contributed by atoms with Crippen LogP contribution in [-0.4, -0.2) is 20.1 Å². The molecule has 0 saturated heterocycles. The van der Waals surface area contributed by atoms with Crippen LogP contribution in [0.15, 0.2) is 42.0 Å². The predicted octanol–water partition coefficient (Wildman–Crippen LogP) is 4.56. The molecule has 128 valence electrons. The fourth-order valence-electron chi connectivity index (χ4n) is 2.04. The minimum atomic E-state index is -0.629. The lowest BCUT2D eigenvalue weighted by atomic mass is 10.1. The first-order valence-electron chi connectivity index (χ1n) is 7.09. The van der Waals surface area contributed by atoms with E-state index in [-0.39, 0.29) is 21.3 Å². The molecule has 0 radical (unpaired) electrons. The molecule has 0 aliphatic rings. The van der Waals surface area contributed by atoms with Crippen molar-refractivity contribution < 1.29 is 14.3 Å². The minimum Gasteiger partial charge on any atom is -0.497 e. The first-order valence-corrected chi connectivity index (χ1v) is 7.85. The monoisotopic (exact) mass is 376 g/mol. The number of rotatable bonds is 5. The summed E-state index contributed by atoms with van der Waals surface area (Å²) in [5.74, 6) is 0.436. The Morgan fingerprint density at radius 2 is 1.84 bits per heavy atom. The van der Waals surface area contributed by atoms with Crippen molar-refractivity contribution in [1.29, 1.82) is 5.26 Å². The van der Waals surface area contributed by atoms with E-state index in [4.69, 9.17) is 32.7 Å². The third kappa shape index (κ3) is 4.44. The van der Waals surface area contributed by atoms with E-state index in [0.717, 1.165) is 0 Å². The smallest absolute Gasteiger partial charge is 0.266 e. The van der Waals surface area contributed by atoms with Gasteiger partial charge in [-0.05, 0) is 30.3 Å². The van der Waals surface area contributed by atoms with E-state index in [9.17, 15) is 10.1 Å². The van der Waals surface area contributed by atoms with Crippen LogP contribution in [0.2, 0.25) is 10.0 Å². The van der Waals surface area contributed by atoms with Gasteiger partial charge in [-0.25, -0.2) is 0 Å². The maximum atomic E-state index is 12.4.